The van der Waals surface area contributed by atoms with Crippen molar-refractivity contribution in [3.63, 3.8) is 0 Å². The second-order valence-electron chi connectivity index (χ2n) is 4.06. The first-order valence-corrected chi connectivity index (χ1v) is 6.13. The van der Waals surface area contributed by atoms with E-state index < -0.39 is 5.82 Å². The van der Waals surface area contributed by atoms with Crippen LogP contribution in [0, 0.1) is 17.1 Å². The van der Waals surface area contributed by atoms with Crippen molar-refractivity contribution in [3.8, 4) is 11.8 Å². The molecule has 2 aromatic rings. The van der Waals surface area contributed by atoms with Gasteiger partial charge in [0.25, 0.3) is 0 Å². The zero-order chi connectivity index (χ0) is 14.4. The molecule has 0 radical (unpaired) electrons. The Bertz CT molecular complexity index is 637. The second-order valence-corrected chi connectivity index (χ2v) is 4.06. The van der Waals surface area contributed by atoms with Gasteiger partial charge >= 0.3 is 0 Å². The first kappa shape index (κ1) is 13.8. The third kappa shape index (κ3) is 3.25. The van der Waals surface area contributed by atoms with Crippen LogP contribution in [0.15, 0.2) is 42.5 Å². The fourth-order valence-electron chi connectivity index (χ4n) is 1.74. The number of nitrogens with zero attached hydrogens (tertiary/aromatic N) is 1. The van der Waals surface area contributed by atoms with Crippen molar-refractivity contribution < 1.29 is 9.13 Å². The average Bonchev–Trinajstić information content (AvgIpc) is 2.46. The van der Waals surface area contributed by atoms with E-state index in [9.17, 15) is 4.39 Å². The number of hydrogen-bond donors (Lipinski definition) is 2. The summed E-state index contributed by atoms with van der Waals surface area (Å²) in [5.74, 6) is 0.114. The molecular weight excluding hydrogens is 257 g/mol. The van der Waals surface area contributed by atoms with Gasteiger partial charge in [0, 0.05) is 18.3 Å². The van der Waals surface area contributed by atoms with E-state index in [4.69, 9.17) is 15.7 Å². The van der Waals surface area contributed by atoms with Gasteiger partial charge in [-0.3, -0.25) is 0 Å². The van der Waals surface area contributed by atoms with Crippen molar-refractivity contribution in [3.05, 3.63) is 53.8 Å². The Kier molecular flexibility index (Phi) is 4.53. The van der Waals surface area contributed by atoms with Crippen molar-refractivity contribution in [1.82, 2.24) is 0 Å². The number of nitriles is 1. The van der Waals surface area contributed by atoms with Crippen molar-refractivity contribution in [2.24, 2.45) is 5.73 Å². The van der Waals surface area contributed by atoms with Crippen LogP contribution in [0.5, 0.6) is 5.75 Å². The highest BCUT2D eigenvalue weighted by atomic mass is 19.1. The number of nitrogens with two attached hydrogens (primary N) is 1. The van der Waals surface area contributed by atoms with Gasteiger partial charge in [0.15, 0.2) is 0 Å². The first-order chi connectivity index (χ1) is 9.74. The van der Waals surface area contributed by atoms with Crippen molar-refractivity contribution >= 4 is 11.4 Å². The van der Waals surface area contributed by atoms with Crippen LogP contribution in [0.3, 0.4) is 0 Å². The average molecular weight is 271 g/mol. The molecule has 0 aliphatic rings. The molecule has 0 aliphatic heterocycles. The topological polar surface area (TPSA) is 71.1 Å². The summed E-state index contributed by atoms with van der Waals surface area (Å²) in [4.78, 5) is 0. The molecule has 2 aromatic carbocycles. The van der Waals surface area contributed by atoms with E-state index in [0.29, 0.717) is 30.3 Å². The Labute approximate surface area is 116 Å². The summed E-state index contributed by atoms with van der Waals surface area (Å²) in [6.07, 6.45) is 0. The fraction of sp³-hybridized carbons (Fsp3) is 0.133. The van der Waals surface area contributed by atoms with Gasteiger partial charge < -0.3 is 15.8 Å². The predicted octanol–water partition coefficient (Wildman–Crippen LogP) is 2.78. The molecule has 0 unspecified atom stereocenters. The molecule has 0 fully saturated rings. The summed E-state index contributed by atoms with van der Waals surface area (Å²) in [5.41, 5.74) is 6.49. The number of ether oxygens (including phenoxy) is 1. The number of benzene rings is 2. The van der Waals surface area contributed by atoms with Crippen LogP contribution in [0.4, 0.5) is 15.8 Å². The van der Waals surface area contributed by atoms with Gasteiger partial charge in [0.05, 0.1) is 5.69 Å². The van der Waals surface area contributed by atoms with Gasteiger partial charge in [-0.25, -0.2) is 4.39 Å². The lowest BCUT2D eigenvalue weighted by Crippen LogP contribution is -2.10. The zero-order valence-corrected chi connectivity index (χ0v) is 10.8. The largest absolute Gasteiger partial charge is 0.492 e. The minimum absolute atomic E-state index is 0.0132. The number of hydrogen-bond acceptors (Lipinski definition) is 4. The maximum Gasteiger partial charge on any atom is 0.143 e. The summed E-state index contributed by atoms with van der Waals surface area (Å²) < 4.78 is 18.9. The number of rotatable bonds is 5. The molecule has 5 heteroatoms. The summed E-state index contributed by atoms with van der Waals surface area (Å²) in [6.45, 7) is 0.854. The Hall–Kier alpha value is -2.58. The minimum atomic E-state index is -0.548. The summed E-state index contributed by atoms with van der Waals surface area (Å²) in [7, 11) is 0. The Morgan fingerprint density at radius 3 is 2.80 bits per heavy atom. The normalized spacial score (nSPS) is 9.85. The lowest BCUT2D eigenvalue weighted by atomic mass is 10.1. The molecule has 0 spiro atoms. The number of halogens is 1. The standard InChI is InChI=1S/C15H14FN3O/c16-14-5-2-6-15(13(14)10-18)19-11-3-1-4-12(9-11)20-8-7-17/h1-6,9,19H,7-8,17H2. The van der Waals surface area contributed by atoms with Crippen LogP contribution in [0.25, 0.3) is 0 Å². The highest BCUT2D eigenvalue weighted by Crippen LogP contribution is 2.25. The first-order valence-electron chi connectivity index (χ1n) is 6.13. The van der Waals surface area contributed by atoms with E-state index in [0.717, 1.165) is 0 Å². The Balaban J connectivity index is 2.22. The van der Waals surface area contributed by atoms with Crippen LogP contribution < -0.4 is 15.8 Å². The maximum absolute atomic E-state index is 13.5. The second kappa shape index (κ2) is 6.55. The molecule has 0 heterocycles. The van der Waals surface area contributed by atoms with Crippen LogP contribution in [0.2, 0.25) is 0 Å². The van der Waals surface area contributed by atoms with E-state index in [2.05, 4.69) is 5.32 Å². The molecule has 0 amide bonds. The van der Waals surface area contributed by atoms with Crippen molar-refractivity contribution in [2.75, 3.05) is 18.5 Å². The van der Waals surface area contributed by atoms with E-state index >= 15 is 0 Å². The highest BCUT2D eigenvalue weighted by molar-refractivity contribution is 5.67. The third-order valence-electron chi connectivity index (χ3n) is 2.63. The van der Waals surface area contributed by atoms with E-state index in [1.54, 1.807) is 36.4 Å². The van der Waals surface area contributed by atoms with Crippen LogP contribution in [-0.2, 0) is 0 Å². The van der Waals surface area contributed by atoms with Gasteiger partial charge in [-0.1, -0.05) is 12.1 Å². The quantitative estimate of drug-likeness (QED) is 0.877. The maximum atomic E-state index is 13.5. The van der Waals surface area contributed by atoms with Crippen molar-refractivity contribution in [2.45, 2.75) is 0 Å². The summed E-state index contributed by atoms with van der Waals surface area (Å²) >= 11 is 0. The fourth-order valence-corrected chi connectivity index (χ4v) is 1.74. The smallest absolute Gasteiger partial charge is 0.143 e. The van der Waals surface area contributed by atoms with Crippen LogP contribution >= 0.6 is 0 Å². The molecular formula is C15H14FN3O. The molecule has 0 aromatic heterocycles. The van der Waals surface area contributed by atoms with E-state index in [-0.39, 0.29) is 5.56 Å². The SMILES string of the molecule is N#Cc1c(F)cccc1Nc1cccc(OCCN)c1. The monoisotopic (exact) mass is 271 g/mol. The third-order valence-corrected chi connectivity index (χ3v) is 2.63. The molecule has 4 nitrogen and oxygen atoms in total. The number of nitrogens with one attached hydrogen (secondary N) is 1. The van der Waals surface area contributed by atoms with Gasteiger partial charge in [-0.05, 0) is 24.3 Å². The van der Waals surface area contributed by atoms with E-state index in [1.165, 1.54) is 6.07 Å². The molecule has 0 saturated heterocycles. The van der Waals surface area contributed by atoms with Crippen molar-refractivity contribution in [1.29, 1.82) is 5.26 Å². The minimum Gasteiger partial charge on any atom is -0.492 e. The zero-order valence-electron chi connectivity index (χ0n) is 10.8. The molecule has 20 heavy (non-hydrogen) atoms. The predicted molar refractivity (Wildman–Crippen MR) is 75.4 cm³/mol. The van der Waals surface area contributed by atoms with Gasteiger partial charge in [-0.2, -0.15) is 5.26 Å². The Morgan fingerprint density at radius 2 is 2.05 bits per heavy atom. The molecule has 102 valence electrons. The van der Waals surface area contributed by atoms with Crippen LogP contribution in [0.1, 0.15) is 5.56 Å². The molecule has 3 N–H and O–H groups in total. The van der Waals surface area contributed by atoms with Gasteiger partial charge in [-0.15, -0.1) is 0 Å². The van der Waals surface area contributed by atoms with Gasteiger partial charge in [0.2, 0.25) is 0 Å². The van der Waals surface area contributed by atoms with Crippen LogP contribution in [-0.4, -0.2) is 13.2 Å². The lowest BCUT2D eigenvalue weighted by Gasteiger charge is -2.10. The van der Waals surface area contributed by atoms with E-state index in [1.807, 2.05) is 6.07 Å². The highest BCUT2D eigenvalue weighted by Gasteiger charge is 2.08. The number of anilines is 2. The summed E-state index contributed by atoms with van der Waals surface area (Å²) in [5, 5.41) is 12.0. The Morgan fingerprint density at radius 1 is 1.25 bits per heavy atom. The van der Waals surface area contributed by atoms with Gasteiger partial charge in [0.1, 0.15) is 29.8 Å². The summed E-state index contributed by atoms with van der Waals surface area (Å²) in [6, 6.07) is 13.5. The molecule has 0 aliphatic carbocycles. The molecule has 0 saturated carbocycles. The molecule has 0 bridgehead atoms. The molecule has 2 rings (SSSR count). The lowest BCUT2D eigenvalue weighted by molar-refractivity contribution is 0.328. The molecule has 0 atom stereocenters.